The fraction of sp³-hybridized carbons (Fsp3) is 0.294. The van der Waals surface area contributed by atoms with Gasteiger partial charge in [-0.2, -0.15) is 13.2 Å². The zero-order valence-electron chi connectivity index (χ0n) is 25.9. The summed E-state index contributed by atoms with van der Waals surface area (Å²) >= 11 is 0. The van der Waals surface area contributed by atoms with E-state index in [-0.39, 0.29) is 24.3 Å². The molecule has 248 valence electrons. The molecular weight excluding hydrogens is 615 g/mol. The number of rotatable bonds is 12. The van der Waals surface area contributed by atoms with Crippen LogP contribution in [0.2, 0.25) is 0 Å². The van der Waals surface area contributed by atoms with Crippen LogP contribution in [0.25, 0.3) is 27.4 Å². The van der Waals surface area contributed by atoms with E-state index in [0.29, 0.717) is 6.42 Å². The van der Waals surface area contributed by atoms with Crippen molar-refractivity contribution >= 4 is 51.0 Å². The molecule has 3 aromatic carbocycles. The van der Waals surface area contributed by atoms with Crippen LogP contribution in [0, 0.1) is 6.92 Å². The lowest BCUT2D eigenvalue weighted by atomic mass is 10.0. The smallest absolute Gasteiger partial charge is 0.430 e. The number of amidine groups is 1. The van der Waals surface area contributed by atoms with E-state index in [4.69, 9.17) is 25.4 Å². The van der Waals surface area contributed by atoms with E-state index in [1.165, 1.54) is 10.8 Å². The molecule has 0 unspecified atom stereocenters. The van der Waals surface area contributed by atoms with E-state index in [1.54, 1.807) is 7.11 Å². The van der Waals surface area contributed by atoms with E-state index in [1.807, 2.05) is 43.5 Å². The largest absolute Gasteiger partial charge is 0.542 e. The topological polar surface area (TPSA) is 166 Å². The fourth-order valence-electron chi connectivity index (χ4n) is 5.34. The highest BCUT2D eigenvalue weighted by Crippen LogP contribution is 2.27. The minimum absolute atomic E-state index is 0.0655. The Hall–Kier alpha value is -5.17. The van der Waals surface area contributed by atoms with Crippen molar-refractivity contribution in [2.75, 3.05) is 7.11 Å². The molecule has 6 N–H and O–H groups in total. The minimum Gasteiger partial charge on any atom is -0.542 e. The summed E-state index contributed by atoms with van der Waals surface area (Å²) < 4.78 is 37.0. The molecule has 13 heteroatoms. The maximum Gasteiger partial charge on any atom is 0.430 e. The monoisotopic (exact) mass is 651 g/mol. The van der Waals surface area contributed by atoms with Gasteiger partial charge in [0.15, 0.2) is 5.70 Å². The van der Waals surface area contributed by atoms with Gasteiger partial charge in [-0.3, -0.25) is 14.9 Å². The number of nitrogens with zero attached hydrogens (tertiary/aromatic N) is 1. The number of nitrogens with two attached hydrogens (primary N) is 2. The first kappa shape index (κ1) is 34.7. The number of fused-ring (bicyclic) bond motifs is 2. The molecule has 2 amide bonds. The number of quaternary nitrogens is 1. The molecule has 0 saturated carbocycles. The summed E-state index contributed by atoms with van der Waals surface area (Å²) in [6.45, 7) is 1.99. The number of carbonyl (C=O) groups is 3. The van der Waals surface area contributed by atoms with Crippen molar-refractivity contribution in [2.45, 2.75) is 57.7 Å². The van der Waals surface area contributed by atoms with E-state index in [9.17, 15) is 22.8 Å². The number of amides is 2. The standard InChI is InChI=1S/C32H35N5O3.C2HF3O2/c1-20-25(26-17-24(40-2)14-15-27(26)35-20)18-31(39)36-28(10-4-3-5-11-30(33)38)32-34-19-29(37-32)23-13-12-21-8-6-7-9-22(21)16-23;3-2(4,5)1(6)7/h6-9,12-17,19,28,35H,3-5,10-11,18H2,1-2H3,(H2,33,38)(H,34,37)(H,36,39);(H,6,7)/t28-;/m0./s1. The maximum absolute atomic E-state index is 13.4. The number of hydrogen-bond donors (Lipinski definition) is 4. The van der Waals surface area contributed by atoms with Crippen molar-refractivity contribution in [3.05, 3.63) is 83.7 Å². The van der Waals surface area contributed by atoms with Crippen LogP contribution >= 0.6 is 0 Å². The summed E-state index contributed by atoms with van der Waals surface area (Å²) in [6, 6.07) is 20.3. The normalized spacial score (nSPS) is 13.4. The highest BCUT2D eigenvalue weighted by atomic mass is 19.4. The number of carboxylic acid groups (broad SMARTS) is 1. The van der Waals surface area contributed by atoms with Gasteiger partial charge in [-0.05, 0) is 66.4 Å². The van der Waals surface area contributed by atoms with Crippen LogP contribution in [-0.4, -0.2) is 47.9 Å². The summed E-state index contributed by atoms with van der Waals surface area (Å²) in [6.07, 6.45) is 0.468. The van der Waals surface area contributed by atoms with Crippen LogP contribution < -0.4 is 26.2 Å². The third kappa shape index (κ3) is 9.42. The van der Waals surface area contributed by atoms with Gasteiger partial charge in [-0.15, -0.1) is 0 Å². The lowest BCUT2D eigenvalue weighted by molar-refractivity contribution is -0.434. The molecule has 10 nitrogen and oxygen atoms in total. The lowest BCUT2D eigenvalue weighted by Crippen LogP contribution is -2.87. The molecule has 1 aliphatic heterocycles. The molecule has 0 bridgehead atoms. The number of aromatic amines is 1. The molecule has 0 aliphatic carbocycles. The Kier molecular flexibility index (Phi) is 11.4. The Balaban J connectivity index is 0.000000644. The Morgan fingerprint density at radius 2 is 1.77 bits per heavy atom. The number of benzene rings is 3. The summed E-state index contributed by atoms with van der Waals surface area (Å²) in [7, 11) is 1.64. The van der Waals surface area contributed by atoms with Crippen molar-refractivity contribution in [2.24, 2.45) is 10.7 Å². The van der Waals surface area contributed by atoms with Gasteiger partial charge in [-0.25, -0.2) is 4.99 Å². The molecule has 2 heterocycles. The van der Waals surface area contributed by atoms with E-state index in [2.05, 4.69) is 45.9 Å². The number of hydrogen-bond acceptors (Lipinski definition) is 6. The molecular formula is C34H36F3N5O5. The van der Waals surface area contributed by atoms with Gasteiger partial charge >= 0.3 is 6.18 Å². The SMILES string of the molecule is COc1ccc2[nH]c(C)c(CC(=O)N[C@@H](CCCCCC(N)=O)C3=NC=C(c4ccc5ccccc5c4)[NH2+]3)c2c1.O=C([O-])C(F)(F)F. The Bertz CT molecular complexity index is 1830. The van der Waals surface area contributed by atoms with Crippen molar-refractivity contribution < 1.29 is 42.7 Å². The number of aliphatic imine (C=N–C) groups is 1. The van der Waals surface area contributed by atoms with E-state index < -0.39 is 12.1 Å². The third-order valence-corrected chi connectivity index (χ3v) is 7.74. The lowest BCUT2D eigenvalue weighted by Gasteiger charge is -2.17. The fourth-order valence-corrected chi connectivity index (χ4v) is 5.34. The van der Waals surface area contributed by atoms with Crippen LogP contribution in [0.15, 0.2) is 71.9 Å². The number of aryl methyl sites for hydroxylation is 1. The Labute approximate surface area is 268 Å². The van der Waals surface area contributed by atoms with Crippen LogP contribution in [0.5, 0.6) is 5.75 Å². The van der Waals surface area contributed by atoms with Crippen molar-refractivity contribution in [3.8, 4) is 5.75 Å². The van der Waals surface area contributed by atoms with Gasteiger partial charge in [0.1, 0.15) is 17.8 Å². The van der Waals surface area contributed by atoms with Crippen molar-refractivity contribution in [1.82, 2.24) is 10.3 Å². The van der Waals surface area contributed by atoms with Crippen LogP contribution in [-0.2, 0) is 20.8 Å². The average Bonchev–Trinajstić information content (AvgIpc) is 3.64. The number of primary amides is 1. The molecule has 4 aromatic rings. The quantitative estimate of drug-likeness (QED) is 0.172. The first-order valence-electron chi connectivity index (χ1n) is 15.0. The molecule has 0 fully saturated rings. The number of unbranched alkanes of at least 4 members (excludes halogenated alkanes) is 2. The van der Waals surface area contributed by atoms with Crippen LogP contribution in [0.3, 0.4) is 0 Å². The number of carbonyl (C=O) groups excluding carboxylic acids is 3. The van der Waals surface area contributed by atoms with E-state index >= 15 is 0 Å². The van der Waals surface area contributed by atoms with E-state index in [0.717, 1.165) is 70.7 Å². The Morgan fingerprint density at radius 1 is 1.04 bits per heavy atom. The molecule has 47 heavy (non-hydrogen) atoms. The zero-order chi connectivity index (χ0) is 34.1. The first-order chi connectivity index (χ1) is 22.3. The molecule has 1 aromatic heterocycles. The van der Waals surface area contributed by atoms with Gasteiger partial charge in [0.25, 0.3) is 0 Å². The van der Waals surface area contributed by atoms with Gasteiger partial charge < -0.3 is 30.7 Å². The number of methoxy groups -OCH3 is 1. The average molecular weight is 652 g/mol. The van der Waals surface area contributed by atoms with Gasteiger partial charge in [0.05, 0.1) is 19.7 Å². The Morgan fingerprint density at radius 3 is 2.45 bits per heavy atom. The minimum atomic E-state index is -5.19. The third-order valence-electron chi connectivity index (χ3n) is 7.74. The molecule has 0 spiro atoms. The number of aromatic nitrogens is 1. The first-order valence-corrected chi connectivity index (χ1v) is 15.0. The van der Waals surface area contributed by atoms with Crippen LogP contribution in [0.4, 0.5) is 13.2 Å². The second kappa shape index (κ2) is 15.4. The highest BCUT2D eigenvalue weighted by molar-refractivity contribution is 5.94. The molecule has 0 radical (unpaired) electrons. The van der Waals surface area contributed by atoms with Crippen LogP contribution in [0.1, 0.15) is 48.9 Å². The molecule has 5 rings (SSSR count). The van der Waals surface area contributed by atoms with Gasteiger partial charge in [0, 0.05) is 28.6 Å². The number of aliphatic carboxylic acids is 1. The number of alkyl halides is 3. The number of halogens is 3. The second-order valence-electron chi connectivity index (χ2n) is 11.1. The van der Waals surface area contributed by atoms with Gasteiger partial charge in [-0.1, -0.05) is 43.2 Å². The summed E-state index contributed by atoms with van der Waals surface area (Å²) in [5.41, 5.74) is 10.3. The number of H-pyrrole nitrogens is 1. The molecule has 1 aliphatic rings. The molecule has 0 saturated heterocycles. The van der Waals surface area contributed by atoms with Crippen molar-refractivity contribution in [1.29, 1.82) is 0 Å². The van der Waals surface area contributed by atoms with Gasteiger partial charge in [0.2, 0.25) is 17.6 Å². The second-order valence-corrected chi connectivity index (χ2v) is 11.1. The maximum atomic E-state index is 13.4. The predicted octanol–water partition coefficient (Wildman–Crippen LogP) is 3.37. The molecule has 1 atom stereocenters. The summed E-state index contributed by atoms with van der Waals surface area (Å²) in [5, 5.41) is 17.5. The summed E-state index contributed by atoms with van der Waals surface area (Å²) in [4.78, 5) is 41.4. The number of ether oxygens (including phenoxy) is 1. The number of nitrogens with one attached hydrogen (secondary N) is 2. The summed E-state index contributed by atoms with van der Waals surface area (Å²) in [5.74, 6) is -1.77. The van der Waals surface area contributed by atoms with Crippen molar-refractivity contribution in [3.63, 3.8) is 0 Å². The number of carboxylic acids is 1. The predicted molar refractivity (Wildman–Crippen MR) is 170 cm³/mol. The zero-order valence-corrected chi connectivity index (χ0v) is 25.9. The highest BCUT2D eigenvalue weighted by Gasteiger charge is 2.29.